The minimum absolute atomic E-state index is 0.963. The number of para-hydroxylation sites is 1. The predicted molar refractivity (Wildman–Crippen MR) is 148 cm³/mol. The molecule has 0 N–H and O–H groups in total. The van der Waals surface area contributed by atoms with Crippen LogP contribution in [0.15, 0.2) is 115 Å². The number of hydrogen-bond acceptors (Lipinski definition) is 2. The fourth-order valence-electron chi connectivity index (χ4n) is 5.33. The van der Waals surface area contributed by atoms with Gasteiger partial charge in [0, 0.05) is 37.4 Å². The highest BCUT2D eigenvalue weighted by atomic mass is 32.1. The van der Waals surface area contributed by atoms with Crippen LogP contribution in [0.3, 0.4) is 0 Å². The smallest absolute Gasteiger partial charge is 0.150 e. The molecule has 0 aliphatic heterocycles. The van der Waals surface area contributed by atoms with Gasteiger partial charge in [-0.2, -0.15) is 0 Å². The van der Waals surface area contributed by atoms with E-state index in [0.29, 0.717) is 0 Å². The van der Waals surface area contributed by atoms with E-state index in [1.165, 1.54) is 42.2 Å². The monoisotopic (exact) mass is 465 g/mol. The molecule has 4 heteroatoms. The summed E-state index contributed by atoms with van der Waals surface area (Å²) in [6.45, 7) is 0. The second-order valence-corrected chi connectivity index (χ2v) is 10.0. The molecule has 0 fully saturated rings. The Hall–Kier alpha value is -4.41. The molecule has 0 atom stereocenters. The van der Waals surface area contributed by atoms with E-state index in [2.05, 4.69) is 118 Å². The van der Waals surface area contributed by atoms with Crippen molar-refractivity contribution in [2.24, 2.45) is 0 Å². The normalized spacial score (nSPS) is 12.0. The van der Waals surface area contributed by atoms with E-state index in [4.69, 9.17) is 4.98 Å². The Labute approximate surface area is 205 Å². The molecule has 0 bridgehead atoms. The third kappa shape index (κ3) is 2.69. The summed E-state index contributed by atoms with van der Waals surface area (Å²) >= 11 is 1.86. The molecule has 164 valence electrons. The van der Waals surface area contributed by atoms with Crippen LogP contribution in [-0.2, 0) is 0 Å². The molecule has 0 spiro atoms. The standard InChI is InChI=1S/C31H19N3S/c1-3-9-26-24(8-1)30-31(33-18-6-5-11-29(33)32-30)34(26)22-15-12-20(13-16-22)21-14-17-28-25(19-21)23-7-2-4-10-27(23)35-28/h1-19H. The molecule has 4 heterocycles. The number of rotatable bonds is 2. The Morgan fingerprint density at radius 1 is 0.600 bits per heavy atom. The van der Waals surface area contributed by atoms with Gasteiger partial charge in [-0.1, -0.05) is 60.7 Å². The fraction of sp³-hybridized carbons (Fsp3) is 0. The van der Waals surface area contributed by atoms with E-state index in [1.807, 2.05) is 17.4 Å². The zero-order chi connectivity index (χ0) is 22.9. The summed E-state index contributed by atoms with van der Waals surface area (Å²) in [4.78, 5) is 4.95. The summed E-state index contributed by atoms with van der Waals surface area (Å²) in [5.41, 5.74) is 7.85. The SMILES string of the molecule is c1ccc2c(c1)sc1ccc(-c3ccc(-n4c5ccccc5c5nc6ccccn6c54)cc3)cc12. The fourth-order valence-corrected chi connectivity index (χ4v) is 6.42. The zero-order valence-corrected chi connectivity index (χ0v) is 19.5. The molecule has 0 aliphatic carbocycles. The number of hydrogen-bond donors (Lipinski definition) is 0. The predicted octanol–water partition coefficient (Wildman–Crippen LogP) is 8.47. The Kier molecular flexibility index (Phi) is 3.82. The van der Waals surface area contributed by atoms with Crippen molar-refractivity contribution in [3.05, 3.63) is 115 Å². The third-order valence-electron chi connectivity index (χ3n) is 6.95. The van der Waals surface area contributed by atoms with Crippen molar-refractivity contribution in [3.63, 3.8) is 0 Å². The van der Waals surface area contributed by atoms with Crippen molar-refractivity contribution in [2.45, 2.75) is 0 Å². The zero-order valence-electron chi connectivity index (χ0n) is 18.7. The lowest BCUT2D eigenvalue weighted by molar-refractivity contribution is 1.09. The van der Waals surface area contributed by atoms with Gasteiger partial charge >= 0.3 is 0 Å². The quantitative estimate of drug-likeness (QED) is 0.251. The highest BCUT2D eigenvalue weighted by Crippen LogP contribution is 2.37. The number of pyridine rings is 1. The second-order valence-electron chi connectivity index (χ2n) is 8.92. The summed E-state index contributed by atoms with van der Waals surface area (Å²) < 4.78 is 7.18. The van der Waals surface area contributed by atoms with Gasteiger partial charge in [-0.25, -0.2) is 4.98 Å². The third-order valence-corrected chi connectivity index (χ3v) is 8.10. The van der Waals surface area contributed by atoms with Gasteiger partial charge in [-0.3, -0.25) is 8.97 Å². The van der Waals surface area contributed by atoms with Crippen LogP contribution in [0.5, 0.6) is 0 Å². The summed E-state index contributed by atoms with van der Waals surface area (Å²) in [6.07, 6.45) is 2.09. The molecule has 0 aliphatic rings. The highest BCUT2D eigenvalue weighted by molar-refractivity contribution is 7.25. The number of aromatic nitrogens is 3. The van der Waals surface area contributed by atoms with Crippen LogP contribution in [0.4, 0.5) is 0 Å². The van der Waals surface area contributed by atoms with Gasteiger partial charge in [0.1, 0.15) is 11.2 Å². The number of nitrogens with zero attached hydrogens (tertiary/aromatic N) is 3. The van der Waals surface area contributed by atoms with Crippen LogP contribution in [0.25, 0.3) is 64.7 Å². The maximum absolute atomic E-state index is 4.95. The van der Waals surface area contributed by atoms with Crippen molar-refractivity contribution >= 4 is 59.2 Å². The summed E-state index contributed by atoms with van der Waals surface area (Å²) in [7, 11) is 0. The van der Waals surface area contributed by atoms with Gasteiger partial charge in [0.05, 0.1) is 5.52 Å². The molecular formula is C31H19N3S. The molecule has 0 saturated carbocycles. The number of thiophene rings is 1. The van der Waals surface area contributed by atoms with Crippen molar-refractivity contribution in [2.75, 3.05) is 0 Å². The molecule has 4 aromatic heterocycles. The van der Waals surface area contributed by atoms with Crippen LogP contribution in [0.1, 0.15) is 0 Å². The Bertz CT molecular complexity index is 2050. The molecule has 0 radical (unpaired) electrons. The van der Waals surface area contributed by atoms with Gasteiger partial charge < -0.3 is 0 Å². The van der Waals surface area contributed by atoms with Gasteiger partial charge in [-0.05, 0) is 59.7 Å². The first-order valence-corrected chi connectivity index (χ1v) is 12.6. The van der Waals surface area contributed by atoms with E-state index < -0.39 is 0 Å². The number of benzene rings is 4. The molecule has 8 rings (SSSR count). The molecule has 0 amide bonds. The minimum Gasteiger partial charge on any atom is -0.294 e. The summed E-state index contributed by atoms with van der Waals surface area (Å²) in [5.74, 6) is 0. The largest absolute Gasteiger partial charge is 0.294 e. The van der Waals surface area contributed by atoms with E-state index in [9.17, 15) is 0 Å². The maximum atomic E-state index is 4.95. The first-order valence-electron chi connectivity index (χ1n) is 11.7. The number of imidazole rings is 1. The lowest BCUT2D eigenvalue weighted by Gasteiger charge is -2.10. The van der Waals surface area contributed by atoms with Gasteiger partial charge in [0.15, 0.2) is 5.65 Å². The Morgan fingerprint density at radius 3 is 2.26 bits per heavy atom. The average Bonchev–Trinajstić information content (AvgIpc) is 3.57. The molecule has 3 nitrogen and oxygen atoms in total. The van der Waals surface area contributed by atoms with Crippen LogP contribution in [-0.4, -0.2) is 14.0 Å². The molecule has 0 saturated heterocycles. The molecule has 35 heavy (non-hydrogen) atoms. The molecule has 4 aromatic carbocycles. The van der Waals surface area contributed by atoms with Crippen molar-refractivity contribution < 1.29 is 0 Å². The minimum atomic E-state index is 0.963. The van der Waals surface area contributed by atoms with Gasteiger partial charge in [0.25, 0.3) is 0 Å². The van der Waals surface area contributed by atoms with Crippen molar-refractivity contribution in [3.8, 4) is 16.8 Å². The van der Waals surface area contributed by atoms with Crippen molar-refractivity contribution in [1.29, 1.82) is 0 Å². The van der Waals surface area contributed by atoms with Crippen molar-refractivity contribution in [1.82, 2.24) is 14.0 Å². The Balaban J connectivity index is 1.32. The second kappa shape index (κ2) is 7.05. The maximum Gasteiger partial charge on any atom is 0.150 e. The summed E-state index contributed by atoms with van der Waals surface area (Å²) in [5, 5.41) is 3.83. The lowest BCUT2D eigenvalue weighted by atomic mass is 10.0. The molecule has 8 aromatic rings. The lowest BCUT2D eigenvalue weighted by Crippen LogP contribution is -1.97. The van der Waals surface area contributed by atoms with Crippen LogP contribution in [0.2, 0.25) is 0 Å². The average molecular weight is 466 g/mol. The van der Waals surface area contributed by atoms with E-state index >= 15 is 0 Å². The van der Waals surface area contributed by atoms with Crippen LogP contribution < -0.4 is 0 Å². The topological polar surface area (TPSA) is 22.2 Å². The van der Waals surface area contributed by atoms with Gasteiger partial charge in [-0.15, -0.1) is 11.3 Å². The van der Waals surface area contributed by atoms with E-state index in [0.717, 1.165) is 22.5 Å². The first kappa shape index (κ1) is 19.0. The van der Waals surface area contributed by atoms with Gasteiger partial charge in [0.2, 0.25) is 0 Å². The van der Waals surface area contributed by atoms with Crippen LogP contribution >= 0.6 is 11.3 Å². The first-order chi connectivity index (χ1) is 17.3. The Morgan fingerprint density at radius 2 is 1.34 bits per heavy atom. The molecular weight excluding hydrogens is 446 g/mol. The number of fused-ring (bicyclic) bond motifs is 8. The molecule has 0 unspecified atom stereocenters. The van der Waals surface area contributed by atoms with E-state index in [1.54, 1.807) is 0 Å². The van der Waals surface area contributed by atoms with Crippen LogP contribution in [0, 0.1) is 0 Å². The summed E-state index contributed by atoms with van der Waals surface area (Å²) in [6, 6.07) is 39.1. The van der Waals surface area contributed by atoms with E-state index in [-0.39, 0.29) is 0 Å². The highest BCUT2D eigenvalue weighted by Gasteiger charge is 2.17.